The predicted octanol–water partition coefficient (Wildman–Crippen LogP) is 3.03. The summed E-state index contributed by atoms with van der Waals surface area (Å²) in [5.41, 5.74) is 5.25. The van der Waals surface area contributed by atoms with Gasteiger partial charge in [0.25, 0.3) is 0 Å². The van der Waals surface area contributed by atoms with Crippen LogP contribution in [0, 0.1) is 0 Å². The van der Waals surface area contributed by atoms with Crippen LogP contribution < -0.4 is 25.5 Å². The molecule has 1 aromatic rings. The minimum Gasteiger partial charge on any atom is -0.493 e. The molecule has 0 bridgehead atoms. The average Bonchev–Trinajstić information content (AvgIpc) is 3.57. The van der Waals surface area contributed by atoms with Gasteiger partial charge in [0.05, 0.1) is 26.3 Å². The van der Waals surface area contributed by atoms with Crippen molar-refractivity contribution in [3.63, 3.8) is 0 Å². The number of nitrogens with zero attached hydrogens (tertiary/aromatic N) is 2. The van der Waals surface area contributed by atoms with Crippen molar-refractivity contribution in [3.05, 3.63) is 23.8 Å². The van der Waals surface area contributed by atoms with Gasteiger partial charge in [-0.2, -0.15) is 16.9 Å². The summed E-state index contributed by atoms with van der Waals surface area (Å²) in [5.74, 6) is 2.47. The molecule has 0 radical (unpaired) electrons. The number of ether oxygens (including phenoxy) is 2. The third-order valence-electron chi connectivity index (χ3n) is 8.75. The monoisotopic (exact) mass is 529 g/mol. The Kier molecular flexibility index (Phi) is 7.85. The number of unbranched alkanes of at least 4 members (excludes halogenated alkanes) is 1. The van der Waals surface area contributed by atoms with E-state index in [1.165, 1.54) is 5.56 Å². The van der Waals surface area contributed by atoms with Crippen LogP contribution in [0.4, 0.5) is 4.79 Å². The van der Waals surface area contributed by atoms with Gasteiger partial charge >= 0.3 is 6.03 Å². The summed E-state index contributed by atoms with van der Waals surface area (Å²) in [6.07, 6.45) is 7.13. The molecular formula is C27H39N5O4S. The van der Waals surface area contributed by atoms with Gasteiger partial charge in [0.1, 0.15) is 0 Å². The van der Waals surface area contributed by atoms with E-state index in [0.717, 1.165) is 74.5 Å². The Balaban J connectivity index is 1.12. The van der Waals surface area contributed by atoms with Gasteiger partial charge in [0.15, 0.2) is 11.5 Å². The number of carbonyl (C=O) groups is 2. The van der Waals surface area contributed by atoms with E-state index in [0.29, 0.717) is 17.7 Å². The fourth-order valence-corrected chi connectivity index (χ4v) is 8.20. The number of thioether (sulfide) groups is 1. The van der Waals surface area contributed by atoms with Crippen molar-refractivity contribution in [2.75, 3.05) is 33.6 Å². The molecular weight excluding hydrogens is 490 g/mol. The number of rotatable bonds is 9. The Morgan fingerprint density at radius 3 is 2.86 bits per heavy atom. The minimum atomic E-state index is -0.0498. The smallest absolute Gasteiger partial charge is 0.315 e. The molecule has 3 aliphatic heterocycles. The zero-order valence-corrected chi connectivity index (χ0v) is 22.9. The number of hydrogen-bond donors (Lipinski definition) is 3. The van der Waals surface area contributed by atoms with Gasteiger partial charge in [-0.3, -0.25) is 4.79 Å². The number of urea groups is 1. The van der Waals surface area contributed by atoms with E-state index in [1.54, 1.807) is 14.2 Å². The van der Waals surface area contributed by atoms with E-state index in [2.05, 4.69) is 45.2 Å². The summed E-state index contributed by atoms with van der Waals surface area (Å²) in [4.78, 5) is 26.5. The number of hydrazone groups is 1. The standard InChI is InChI=1S/C27H39N5O4S/c1-32-13-12-27(17-8-9-20(35-2)21(14-17)36-3)11-10-18(15-23(27)32)30-31-24(33)7-5-4-6-22-25-19(16-37-22)28-26(34)29-25/h8-9,14,19,22-23,25H,4-7,10-13,15-16H2,1-3H3,(H,31,33)(H2,28,29,34)/b30-18-/t19-,22-,23-,25-,27-/m0/s1. The van der Waals surface area contributed by atoms with Crippen molar-refractivity contribution in [1.82, 2.24) is 21.0 Å². The summed E-state index contributed by atoms with van der Waals surface area (Å²) < 4.78 is 11.0. The fourth-order valence-electron chi connectivity index (χ4n) is 6.66. The van der Waals surface area contributed by atoms with Crippen molar-refractivity contribution in [1.29, 1.82) is 0 Å². The molecule has 3 amide bonds. The minimum absolute atomic E-state index is 0.0169. The number of likely N-dealkylation sites (tertiary alicyclic amines) is 1. The van der Waals surface area contributed by atoms with Crippen LogP contribution in [0.25, 0.3) is 0 Å². The number of methoxy groups -OCH3 is 2. The second kappa shape index (κ2) is 11.1. The molecule has 37 heavy (non-hydrogen) atoms. The van der Waals surface area contributed by atoms with Crippen LogP contribution in [0.1, 0.15) is 56.9 Å². The number of carbonyl (C=O) groups excluding carboxylic acids is 2. The molecule has 0 unspecified atom stereocenters. The first-order valence-corrected chi connectivity index (χ1v) is 14.4. The molecule has 3 heterocycles. The first-order valence-electron chi connectivity index (χ1n) is 13.4. The van der Waals surface area contributed by atoms with E-state index < -0.39 is 0 Å². The summed E-state index contributed by atoms with van der Waals surface area (Å²) in [6, 6.07) is 7.09. The quantitative estimate of drug-likeness (QED) is 0.258. The lowest BCUT2D eigenvalue weighted by Gasteiger charge is -2.42. The van der Waals surface area contributed by atoms with Gasteiger partial charge in [-0.15, -0.1) is 0 Å². The third-order valence-corrected chi connectivity index (χ3v) is 10.3. The highest BCUT2D eigenvalue weighted by molar-refractivity contribution is 8.00. The van der Waals surface area contributed by atoms with Gasteiger partial charge in [-0.25, -0.2) is 10.2 Å². The molecule has 5 atom stereocenters. The van der Waals surface area contributed by atoms with Gasteiger partial charge in [-0.1, -0.05) is 12.5 Å². The highest BCUT2D eigenvalue weighted by Gasteiger charge is 2.50. The lowest BCUT2D eigenvalue weighted by Crippen LogP contribution is -2.46. The van der Waals surface area contributed by atoms with Crippen molar-refractivity contribution >= 4 is 29.4 Å². The lowest BCUT2D eigenvalue weighted by molar-refractivity contribution is -0.121. The van der Waals surface area contributed by atoms with Crippen LogP contribution in [0.3, 0.4) is 0 Å². The molecule has 3 N–H and O–H groups in total. The zero-order valence-electron chi connectivity index (χ0n) is 22.0. The van der Waals surface area contributed by atoms with Crippen LogP contribution in [-0.2, 0) is 10.2 Å². The highest BCUT2D eigenvalue weighted by atomic mass is 32.2. The number of amides is 3. The van der Waals surface area contributed by atoms with Crippen LogP contribution in [0.2, 0.25) is 0 Å². The zero-order chi connectivity index (χ0) is 26.0. The predicted molar refractivity (Wildman–Crippen MR) is 146 cm³/mol. The van der Waals surface area contributed by atoms with Crippen molar-refractivity contribution in [2.24, 2.45) is 5.10 Å². The van der Waals surface area contributed by atoms with Crippen molar-refractivity contribution in [3.8, 4) is 11.5 Å². The Hall–Kier alpha value is -2.46. The number of likely N-dealkylation sites (N-methyl/N-ethyl adjacent to an activating group) is 1. The molecule has 0 aromatic heterocycles. The molecule has 4 aliphatic rings. The Labute approximate surface area is 223 Å². The van der Waals surface area contributed by atoms with Gasteiger partial charge in [-0.05, 0) is 63.4 Å². The van der Waals surface area contributed by atoms with Crippen LogP contribution in [0.5, 0.6) is 11.5 Å². The Morgan fingerprint density at radius 1 is 1.22 bits per heavy atom. The van der Waals surface area contributed by atoms with Gasteiger partial charge in [0.2, 0.25) is 5.91 Å². The number of fused-ring (bicyclic) bond motifs is 2. The SMILES string of the molecule is COc1ccc([C@@]23CC/C(=N/NC(=O)CCCC[C@@H]4SC[C@@H]5NC(=O)N[C@@H]54)C[C@@H]2N(C)CC3)cc1OC. The molecule has 1 aromatic carbocycles. The highest BCUT2D eigenvalue weighted by Crippen LogP contribution is 2.49. The first kappa shape index (κ1) is 26.2. The second-order valence-electron chi connectivity index (χ2n) is 10.8. The number of benzene rings is 1. The molecule has 1 saturated carbocycles. The molecule has 9 nitrogen and oxygen atoms in total. The summed E-state index contributed by atoms with van der Waals surface area (Å²) >= 11 is 1.92. The van der Waals surface area contributed by atoms with Crippen LogP contribution in [0.15, 0.2) is 23.3 Å². The Bertz CT molecular complexity index is 1050. The summed E-state index contributed by atoms with van der Waals surface area (Å²) in [5, 5.41) is 11.0. The molecule has 202 valence electrons. The molecule has 3 saturated heterocycles. The van der Waals surface area contributed by atoms with Crippen molar-refractivity contribution < 1.29 is 19.1 Å². The normalized spacial score (nSPS) is 32.0. The van der Waals surface area contributed by atoms with Crippen LogP contribution >= 0.6 is 11.8 Å². The summed E-state index contributed by atoms with van der Waals surface area (Å²) in [6.45, 7) is 1.04. The first-order chi connectivity index (χ1) is 17.9. The largest absolute Gasteiger partial charge is 0.493 e. The lowest BCUT2D eigenvalue weighted by atomic mass is 9.65. The van der Waals surface area contributed by atoms with E-state index in [4.69, 9.17) is 9.47 Å². The second-order valence-corrected chi connectivity index (χ2v) is 12.0. The maximum atomic E-state index is 12.5. The molecule has 10 heteroatoms. The summed E-state index contributed by atoms with van der Waals surface area (Å²) in [7, 11) is 5.53. The number of hydrogen-bond acceptors (Lipinski definition) is 7. The third kappa shape index (κ3) is 5.27. The van der Waals surface area contributed by atoms with E-state index in [9.17, 15) is 9.59 Å². The molecule has 1 aliphatic carbocycles. The van der Waals surface area contributed by atoms with Crippen molar-refractivity contribution in [2.45, 2.75) is 80.2 Å². The average molecular weight is 530 g/mol. The van der Waals surface area contributed by atoms with E-state index in [-0.39, 0.29) is 29.4 Å². The molecule has 4 fully saturated rings. The van der Waals surface area contributed by atoms with Gasteiger partial charge < -0.3 is 25.0 Å². The van der Waals surface area contributed by atoms with Crippen LogP contribution in [-0.4, -0.2) is 79.5 Å². The van der Waals surface area contributed by atoms with E-state index >= 15 is 0 Å². The van der Waals surface area contributed by atoms with Gasteiger partial charge in [0, 0.05) is 41.0 Å². The maximum absolute atomic E-state index is 12.5. The number of nitrogens with one attached hydrogen (secondary N) is 3. The molecule has 5 rings (SSSR count). The Morgan fingerprint density at radius 2 is 2.05 bits per heavy atom. The molecule has 0 spiro atoms. The topological polar surface area (TPSA) is 104 Å². The fraction of sp³-hybridized carbons (Fsp3) is 0.667. The maximum Gasteiger partial charge on any atom is 0.315 e. The van der Waals surface area contributed by atoms with E-state index in [1.807, 2.05) is 17.8 Å².